The number of nitrogens with zero attached hydrogens (tertiary/aromatic N) is 1. The Morgan fingerprint density at radius 1 is 1.44 bits per heavy atom. The highest BCUT2D eigenvalue weighted by Gasteiger charge is 2.20. The van der Waals surface area contributed by atoms with Crippen molar-refractivity contribution in [3.05, 3.63) is 34.3 Å². The van der Waals surface area contributed by atoms with E-state index in [1.807, 2.05) is 12.1 Å². The summed E-state index contributed by atoms with van der Waals surface area (Å²) in [5.41, 5.74) is 2.63. The molecule has 1 fully saturated rings. The molecule has 1 atom stereocenters. The van der Waals surface area contributed by atoms with Gasteiger partial charge in [-0.1, -0.05) is 24.6 Å². The van der Waals surface area contributed by atoms with Crippen LogP contribution >= 0.6 is 11.6 Å². The molecule has 3 heteroatoms. The lowest BCUT2D eigenvalue weighted by Gasteiger charge is -2.14. The van der Waals surface area contributed by atoms with Crippen molar-refractivity contribution in [2.75, 3.05) is 26.2 Å². The van der Waals surface area contributed by atoms with Gasteiger partial charge >= 0.3 is 0 Å². The van der Waals surface area contributed by atoms with Gasteiger partial charge in [-0.05, 0) is 62.2 Å². The Labute approximate surface area is 115 Å². The molecule has 1 N–H and O–H groups in total. The minimum absolute atomic E-state index is 0.817. The topological polar surface area (TPSA) is 15.3 Å². The molecule has 2 rings (SSSR count). The molecule has 0 aliphatic carbocycles. The first-order valence-corrected chi connectivity index (χ1v) is 7.25. The molecule has 1 unspecified atom stereocenters. The van der Waals surface area contributed by atoms with E-state index in [1.54, 1.807) is 0 Å². The lowest BCUT2D eigenvalue weighted by molar-refractivity contribution is 0.339. The molecule has 0 bridgehead atoms. The fourth-order valence-corrected chi connectivity index (χ4v) is 2.86. The maximum Gasteiger partial charge on any atom is 0.0408 e. The Hall–Kier alpha value is -0.570. The number of rotatable bonds is 5. The summed E-state index contributed by atoms with van der Waals surface area (Å²) in [6.45, 7) is 10.1. The van der Waals surface area contributed by atoms with Gasteiger partial charge in [-0.25, -0.2) is 0 Å². The average molecular weight is 267 g/mol. The third kappa shape index (κ3) is 3.71. The van der Waals surface area contributed by atoms with Gasteiger partial charge in [-0.2, -0.15) is 0 Å². The first kappa shape index (κ1) is 13.9. The lowest BCUT2D eigenvalue weighted by Crippen LogP contribution is -2.26. The maximum atomic E-state index is 5.96. The highest BCUT2D eigenvalue weighted by Crippen LogP contribution is 2.17. The molecule has 1 aliphatic heterocycles. The van der Waals surface area contributed by atoms with Gasteiger partial charge in [0.25, 0.3) is 0 Å². The van der Waals surface area contributed by atoms with E-state index in [0.29, 0.717) is 0 Å². The normalized spacial score (nSPS) is 20.5. The van der Waals surface area contributed by atoms with Crippen LogP contribution in [0.25, 0.3) is 0 Å². The Morgan fingerprint density at radius 2 is 2.28 bits per heavy atom. The Morgan fingerprint density at radius 3 is 2.94 bits per heavy atom. The molecule has 1 heterocycles. The van der Waals surface area contributed by atoms with Crippen molar-refractivity contribution in [1.82, 2.24) is 10.2 Å². The number of halogens is 1. The van der Waals surface area contributed by atoms with Gasteiger partial charge in [-0.15, -0.1) is 0 Å². The van der Waals surface area contributed by atoms with Crippen LogP contribution in [-0.2, 0) is 6.54 Å². The first-order chi connectivity index (χ1) is 8.69. The van der Waals surface area contributed by atoms with E-state index in [4.69, 9.17) is 11.6 Å². The second kappa shape index (κ2) is 6.55. The highest BCUT2D eigenvalue weighted by molar-refractivity contribution is 6.30. The van der Waals surface area contributed by atoms with Gasteiger partial charge in [0, 0.05) is 18.1 Å². The zero-order valence-corrected chi connectivity index (χ0v) is 12.1. The summed E-state index contributed by atoms with van der Waals surface area (Å²) in [6, 6.07) is 6.13. The van der Waals surface area contributed by atoms with E-state index >= 15 is 0 Å². The van der Waals surface area contributed by atoms with Gasteiger partial charge in [0.15, 0.2) is 0 Å². The molecule has 18 heavy (non-hydrogen) atoms. The maximum absolute atomic E-state index is 5.96. The Bertz CT molecular complexity index is 392. The largest absolute Gasteiger partial charge is 0.312 e. The summed E-state index contributed by atoms with van der Waals surface area (Å²) in [5.74, 6) is 0.817. The molecule has 1 aromatic rings. The summed E-state index contributed by atoms with van der Waals surface area (Å²) in [5, 5.41) is 4.40. The highest BCUT2D eigenvalue weighted by atomic mass is 35.5. The van der Waals surface area contributed by atoms with Crippen LogP contribution in [0.2, 0.25) is 5.02 Å². The van der Waals surface area contributed by atoms with Crippen molar-refractivity contribution < 1.29 is 0 Å². The molecular weight excluding hydrogens is 244 g/mol. The standard InChI is InChI=1S/C15H23ClN2/c1-3-18-7-6-13(11-18)9-17-10-14-4-5-15(16)8-12(14)2/h4-5,8,13,17H,3,6-7,9-11H2,1-2H3. The number of likely N-dealkylation sites (tertiary alicyclic amines) is 1. The van der Waals surface area contributed by atoms with Gasteiger partial charge in [-0.3, -0.25) is 0 Å². The monoisotopic (exact) mass is 266 g/mol. The van der Waals surface area contributed by atoms with Crippen molar-refractivity contribution in [3.8, 4) is 0 Å². The van der Waals surface area contributed by atoms with E-state index in [1.165, 1.54) is 37.2 Å². The predicted molar refractivity (Wildman–Crippen MR) is 78.1 cm³/mol. The lowest BCUT2D eigenvalue weighted by atomic mass is 10.1. The van der Waals surface area contributed by atoms with Crippen LogP contribution in [0.5, 0.6) is 0 Å². The van der Waals surface area contributed by atoms with Crippen LogP contribution in [0, 0.1) is 12.8 Å². The molecule has 0 spiro atoms. The summed E-state index contributed by atoms with van der Waals surface area (Å²) in [4.78, 5) is 2.53. The molecule has 0 amide bonds. The third-order valence-electron chi connectivity index (χ3n) is 3.87. The van der Waals surface area contributed by atoms with Crippen molar-refractivity contribution >= 4 is 11.6 Å². The zero-order valence-electron chi connectivity index (χ0n) is 11.4. The van der Waals surface area contributed by atoms with Gasteiger partial charge in [0.05, 0.1) is 0 Å². The van der Waals surface area contributed by atoms with Crippen LogP contribution < -0.4 is 5.32 Å². The Kier molecular flexibility index (Phi) is 5.04. The fraction of sp³-hybridized carbons (Fsp3) is 0.600. The molecule has 1 aromatic carbocycles. The number of aryl methyl sites for hydroxylation is 1. The van der Waals surface area contributed by atoms with Crippen LogP contribution in [0.1, 0.15) is 24.5 Å². The summed E-state index contributed by atoms with van der Waals surface area (Å²) in [6.07, 6.45) is 1.33. The van der Waals surface area contributed by atoms with E-state index in [9.17, 15) is 0 Å². The second-order valence-corrected chi connectivity index (χ2v) is 5.69. The van der Waals surface area contributed by atoms with Crippen LogP contribution in [0.3, 0.4) is 0 Å². The molecule has 100 valence electrons. The van der Waals surface area contributed by atoms with Crippen molar-refractivity contribution in [3.63, 3.8) is 0 Å². The molecule has 0 saturated carbocycles. The summed E-state index contributed by atoms with van der Waals surface area (Å²) < 4.78 is 0. The molecule has 1 aliphatic rings. The van der Waals surface area contributed by atoms with Crippen LogP contribution in [0.15, 0.2) is 18.2 Å². The van der Waals surface area contributed by atoms with Crippen LogP contribution in [-0.4, -0.2) is 31.1 Å². The summed E-state index contributed by atoms with van der Waals surface area (Å²) in [7, 11) is 0. The van der Waals surface area contributed by atoms with Crippen molar-refractivity contribution in [1.29, 1.82) is 0 Å². The van der Waals surface area contributed by atoms with E-state index in [0.717, 1.165) is 24.0 Å². The third-order valence-corrected chi connectivity index (χ3v) is 4.11. The Balaban J connectivity index is 1.75. The number of nitrogens with one attached hydrogen (secondary N) is 1. The fourth-order valence-electron chi connectivity index (χ4n) is 2.64. The van der Waals surface area contributed by atoms with E-state index < -0.39 is 0 Å². The van der Waals surface area contributed by atoms with E-state index in [-0.39, 0.29) is 0 Å². The SMILES string of the molecule is CCN1CCC(CNCc2ccc(Cl)cc2C)C1. The van der Waals surface area contributed by atoms with Gasteiger partial charge < -0.3 is 10.2 Å². The summed E-state index contributed by atoms with van der Waals surface area (Å²) >= 11 is 5.96. The molecule has 1 saturated heterocycles. The van der Waals surface area contributed by atoms with Crippen molar-refractivity contribution in [2.45, 2.75) is 26.8 Å². The van der Waals surface area contributed by atoms with Crippen LogP contribution in [0.4, 0.5) is 0 Å². The zero-order chi connectivity index (χ0) is 13.0. The molecule has 0 radical (unpaired) electrons. The minimum atomic E-state index is 0.817. The number of benzene rings is 1. The molecular formula is C15H23ClN2. The first-order valence-electron chi connectivity index (χ1n) is 6.87. The molecule has 2 nitrogen and oxygen atoms in total. The number of hydrogen-bond donors (Lipinski definition) is 1. The van der Waals surface area contributed by atoms with Gasteiger partial charge in [0.2, 0.25) is 0 Å². The average Bonchev–Trinajstić information content (AvgIpc) is 2.80. The quantitative estimate of drug-likeness (QED) is 0.881. The molecule has 0 aromatic heterocycles. The minimum Gasteiger partial charge on any atom is -0.312 e. The second-order valence-electron chi connectivity index (χ2n) is 5.25. The van der Waals surface area contributed by atoms with Gasteiger partial charge in [0.1, 0.15) is 0 Å². The number of hydrogen-bond acceptors (Lipinski definition) is 2. The van der Waals surface area contributed by atoms with E-state index in [2.05, 4.69) is 30.1 Å². The smallest absolute Gasteiger partial charge is 0.0408 e. The predicted octanol–water partition coefficient (Wildman–Crippen LogP) is 3.08. The van der Waals surface area contributed by atoms with Crippen molar-refractivity contribution in [2.24, 2.45) is 5.92 Å².